The van der Waals surface area contributed by atoms with Crippen LogP contribution in [-0.2, 0) is 0 Å². The average Bonchev–Trinajstić information content (AvgIpc) is 3.35. The van der Waals surface area contributed by atoms with Crippen LogP contribution in [0, 0.1) is 0 Å². The summed E-state index contributed by atoms with van der Waals surface area (Å²) in [7, 11) is 0. The molecule has 40 heavy (non-hydrogen) atoms. The maximum absolute atomic E-state index is 6.81. The molecular formula is C36H22BNO2. The van der Waals surface area contributed by atoms with Crippen molar-refractivity contribution in [2.24, 2.45) is 0 Å². The largest absolute Gasteiger partial charge is 0.551 e. The van der Waals surface area contributed by atoms with E-state index < -0.39 is 0 Å². The average molecular weight is 511 g/mol. The molecule has 9 rings (SSSR count). The van der Waals surface area contributed by atoms with E-state index in [2.05, 4.69) is 120 Å². The maximum Gasteiger partial charge on any atom is 0.434 e. The molecule has 186 valence electrons. The van der Waals surface area contributed by atoms with Crippen molar-refractivity contribution in [1.82, 2.24) is 4.57 Å². The standard InChI is InChI=1S/C36H22BNO2/c1-2-10-23(11-3-1)24-18-19-28-29-21-25(38-31-15-7-4-12-26(31)27-13-5-8-16-32(27)38)22-35-36(29)37(40-34(28)20-24)30-14-6-9-17-33(30)39-35/h1-22H. The minimum Gasteiger partial charge on any atom is -0.551 e. The minimum absolute atomic E-state index is 0.235. The van der Waals surface area contributed by atoms with Crippen LogP contribution in [0.15, 0.2) is 133 Å². The first-order valence-corrected chi connectivity index (χ1v) is 13.6. The van der Waals surface area contributed by atoms with Gasteiger partial charge in [-0.05, 0) is 47.0 Å². The molecule has 1 aromatic heterocycles. The Hall–Kier alpha value is -5.22. The minimum atomic E-state index is -0.235. The molecule has 2 aliphatic rings. The fraction of sp³-hybridized carbons (Fsp3) is 0. The van der Waals surface area contributed by atoms with Crippen LogP contribution < -0.4 is 20.3 Å². The molecule has 2 aliphatic heterocycles. The fourth-order valence-corrected chi connectivity index (χ4v) is 6.49. The van der Waals surface area contributed by atoms with Gasteiger partial charge in [0.2, 0.25) is 0 Å². The van der Waals surface area contributed by atoms with Crippen molar-refractivity contribution in [2.75, 3.05) is 0 Å². The summed E-state index contributed by atoms with van der Waals surface area (Å²) in [6.45, 7) is -0.235. The van der Waals surface area contributed by atoms with Gasteiger partial charge < -0.3 is 14.0 Å². The molecule has 0 fully saturated rings. The molecule has 0 unspecified atom stereocenters. The Labute approximate surface area is 232 Å². The molecule has 0 atom stereocenters. The van der Waals surface area contributed by atoms with Crippen LogP contribution in [0.2, 0.25) is 0 Å². The normalized spacial score (nSPS) is 12.8. The van der Waals surface area contributed by atoms with Crippen molar-refractivity contribution in [1.29, 1.82) is 0 Å². The van der Waals surface area contributed by atoms with E-state index in [0.717, 1.165) is 50.6 Å². The second-order valence-corrected chi connectivity index (χ2v) is 10.5. The van der Waals surface area contributed by atoms with Gasteiger partial charge in [0.05, 0.1) is 16.7 Å². The molecule has 3 heterocycles. The molecule has 0 spiro atoms. The first-order valence-electron chi connectivity index (χ1n) is 13.6. The van der Waals surface area contributed by atoms with E-state index >= 15 is 0 Å². The summed E-state index contributed by atoms with van der Waals surface area (Å²) in [6.07, 6.45) is 0. The molecule has 0 bridgehead atoms. The number of para-hydroxylation sites is 3. The number of rotatable bonds is 2. The predicted octanol–water partition coefficient (Wildman–Crippen LogP) is 7.72. The second kappa shape index (κ2) is 8.14. The van der Waals surface area contributed by atoms with Gasteiger partial charge in [0, 0.05) is 33.3 Å². The Morgan fingerprint density at radius 1 is 0.500 bits per heavy atom. The number of ether oxygens (including phenoxy) is 1. The Morgan fingerprint density at radius 2 is 1.20 bits per heavy atom. The quantitative estimate of drug-likeness (QED) is 0.222. The molecule has 0 saturated heterocycles. The van der Waals surface area contributed by atoms with Crippen LogP contribution in [0.4, 0.5) is 0 Å². The molecule has 0 aliphatic carbocycles. The van der Waals surface area contributed by atoms with Gasteiger partial charge in [-0.25, -0.2) is 0 Å². The summed E-state index contributed by atoms with van der Waals surface area (Å²) in [5.74, 6) is 2.57. The highest BCUT2D eigenvalue weighted by molar-refractivity contribution is 6.84. The SMILES string of the molecule is c1ccc(-c2ccc3c(c2)OB2c4ccccc4Oc4cc(-n5c6ccccc6c6ccccc65)cc-3c42)cc1. The van der Waals surface area contributed by atoms with Crippen molar-refractivity contribution < 1.29 is 9.39 Å². The molecule has 3 nitrogen and oxygen atoms in total. The molecular weight excluding hydrogens is 489 g/mol. The summed E-state index contributed by atoms with van der Waals surface area (Å²) >= 11 is 0. The van der Waals surface area contributed by atoms with E-state index in [1.54, 1.807) is 0 Å². The maximum atomic E-state index is 6.81. The number of nitrogens with zero attached hydrogens (tertiary/aromatic N) is 1. The highest BCUT2D eigenvalue weighted by atomic mass is 16.5. The van der Waals surface area contributed by atoms with Gasteiger partial charge in [-0.15, -0.1) is 0 Å². The van der Waals surface area contributed by atoms with Gasteiger partial charge in [0.25, 0.3) is 0 Å². The van der Waals surface area contributed by atoms with E-state index in [4.69, 9.17) is 9.39 Å². The lowest BCUT2D eigenvalue weighted by atomic mass is 9.51. The fourth-order valence-electron chi connectivity index (χ4n) is 6.49. The van der Waals surface area contributed by atoms with Gasteiger partial charge in [-0.2, -0.15) is 0 Å². The summed E-state index contributed by atoms with van der Waals surface area (Å²) in [5, 5.41) is 2.48. The van der Waals surface area contributed by atoms with Crippen molar-refractivity contribution in [3.63, 3.8) is 0 Å². The molecule has 7 aromatic rings. The van der Waals surface area contributed by atoms with Crippen LogP contribution in [0.25, 0.3) is 49.7 Å². The Balaban J connectivity index is 1.34. The van der Waals surface area contributed by atoms with E-state index in [1.807, 2.05) is 18.2 Å². The third-order valence-corrected chi connectivity index (χ3v) is 8.27. The lowest BCUT2D eigenvalue weighted by molar-refractivity contribution is 0.479. The first-order chi connectivity index (χ1) is 19.8. The summed E-state index contributed by atoms with van der Waals surface area (Å²) < 4.78 is 15.8. The Morgan fingerprint density at radius 3 is 2.00 bits per heavy atom. The molecule has 0 radical (unpaired) electrons. The third kappa shape index (κ3) is 3.02. The molecule has 0 amide bonds. The molecule has 6 aromatic carbocycles. The van der Waals surface area contributed by atoms with Crippen LogP contribution in [0.1, 0.15) is 0 Å². The van der Waals surface area contributed by atoms with Crippen molar-refractivity contribution >= 4 is 39.6 Å². The van der Waals surface area contributed by atoms with Crippen molar-refractivity contribution in [3.05, 3.63) is 133 Å². The highest BCUT2D eigenvalue weighted by Crippen LogP contribution is 2.43. The van der Waals surface area contributed by atoms with Gasteiger partial charge >= 0.3 is 6.92 Å². The predicted molar refractivity (Wildman–Crippen MR) is 164 cm³/mol. The molecule has 4 heteroatoms. The molecule has 0 N–H and O–H groups in total. The number of hydrogen-bond donors (Lipinski definition) is 0. The second-order valence-electron chi connectivity index (χ2n) is 10.5. The van der Waals surface area contributed by atoms with E-state index in [9.17, 15) is 0 Å². The van der Waals surface area contributed by atoms with E-state index in [1.165, 1.54) is 27.4 Å². The van der Waals surface area contributed by atoms with Crippen molar-refractivity contribution in [3.8, 4) is 45.2 Å². The molecule has 0 saturated carbocycles. The van der Waals surface area contributed by atoms with Crippen LogP contribution >= 0.6 is 0 Å². The lowest BCUT2D eigenvalue weighted by Gasteiger charge is -2.33. The number of hydrogen-bond acceptors (Lipinski definition) is 2. The first kappa shape index (κ1) is 21.7. The van der Waals surface area contributed by atoms with Gasteiger partial charge in [0.1, 0.15) is 17.2 Å². The van der Waals surface area contributed by atoms with Gasteiger partial charge in [-0.1, -0.05) is 97.1 Å². The monoisotopic (exact) mass is 511 g/mol. The van der Waals surface area contributed by atoms with Gasteiger partial charge in [0.15, 0.2) is 0 Å². The lowest BCUT2D eigenvalue weighted by Crippen LogP contribution is -2.53. The van der Waals surface area contributed by atoms with Gasteiger partial charge in [-0.3, -0.25) is 0 Å². The number of benzene rings is 6. The summed E-state index contributed by atoms with van der Waals surface area (Å²) in [6, 6.07) is 47.0. The topological polar surface area (TPSA) is 23.4 Å². The van der Waals surface area contributed by atoms with Crippen LogP contribution in [-0.4, -0.2) is 11.5 Å². The zero-order valence-electron chi connectivity index (χ0n) is 21.5. The van der Waals surface area contributed by atoms with E-state index in [-0.39, 0.29) is 6.92 Å². The third-order valence-electron chi connectivity index (χ3n) is 8.27. The van der Waals surface area contributed by atoms with Crippen LogP contribution in [0.5, 0.6) is 17.2 Å². The summed E-state index contributed by atoms with van der Waals surface area (Å²) in [4.78, 5) is 0. The Bertz CT molecular complexity index is 2080. The highest BCUT2D eigenvalue weighted by Gasteiger charge is 2.41. The number of fused-ring (bicyclic) bond motifs is 7. The summed E-state index contributed by atoms with van der Waals surface area (Å²) in [5.41, 5.74) is 10.1. The smallest absolute Gasteiger partial charge is 0.434 e. The zero-order valence-corrected chi connectivity index (χ0v) is 21.5. The van der Waals surface area contributed by atoms with Crippen molar-refractivity contribution in [2.45, 2.75) is 0 Å². The Kier molecular flexibility index (Phi) is 4.41. The zero-order chi connectivity index (χ0) is 26.2. The van der Waals surface area contributed by atoms with E-state index in [0.29, 0.717) is 0 Å². The van der Waals surface area contributed by atoms with Crippen LogP contribution in [0.3, 0.4) is 0 Å². The number of aromatic nitrogens is 1.